The fourth-order valence-corrected chi connectivity index (χ4v) is 2.70. The second-order valence-corrected chi connectivity index (χ2v) is 5.66. The number of imidazole rings is 1. The van der Waals surface area contributed by atoms with Gasteiger partial charge in [0.1, 0.15) is 11.3 Å². The van der Waals surface area contributed by atoms with E-state index < -0.39 is 0 Å². The van der Waals surface area contributed by atoms with Crippen molar-refractivity contribution in [3.63, 3.8) is 0 Å². The molecule has 0 saturated heterocycles. The first-order chi connectivity index (χ1) is 9.08. The second-order valence-electron chi connectivity index (χ2n) is 5.30. The predicted molar refractivity (Wildman–Crippen MR) is 79.6 cm³/mol. The molecule has 2 aromatic heterocycles. The van der Waals surface area contributed by atoms with E-state index in [1.165, 1.54) is 0 Å². The predicted octanol–water partition coefficient (Wildman–Crippen LogP) is 3.97. The third-order valence-corrected chi connectivity index (χ3v) is 3.62. The SMILES string of the molecule is CC(C)Cc1nc2c(Cl)nc3ccccc3c2n1C. The summed E-state index contributed by atoms with van der Waals surface area (Å²) < 4.78 is 2.14. The molecule has 1 aromatic carbocycles. The van der Waals surface area contributed by atoms with Crippen LogP contribution >= 0.6 is 11.6 Å². The van der Waals surface area contributed by atoms with E-state index in [2.05, 4.69) is 41.5 Å². The zero-order valence-corrected chi connectivity index (χ0v) is 12.1. The van der Waals surface area contributed by atoms with Crippen LogP contribution in [0.1, 0.15) is 19.7 Å². The van der Waals surface area contributed by atoms with Crippen LogP contribution in [0.3, 0.4) is 0 Å². The molecule has 0 N–H and O–H groups in total. The number of rotatable bonds is 2. The lowest BCUT2D eigenvalue weighted by atomic mass is 10.1. The number of hydrogen-bond donors (Lipinski definition) is 0. The smallest absolute Gasteiger partial charge is 0.157 e. The van der Waals surface area contributed by atoms with Crippen molar-refractivity contribution in [3.8, 4) is 0 Å². The van der Waals surface area contributed by atoms with Gasteiger partial charge in [0.25, 0.3) is 0 Å². The van der Waals surface area contributed by atoms with Crippen LogP contribution in [0.15, 0.2) is 24.3 Å². The zero-order chi connectivity index (χ0) is 13.6. The monoisotopic (exact) mass is 273 g/mol. The number of para-hydroxylation sites is 1. The summed E-state index contributed by atoms with van der Waals surface area (Å²) in [7, 11) is 2.05. The highest BCUT2D eigenvalue weighted by Crippen LogP contribution is 2.29. The zero-order valence-electron chi connectivity index (χ0n) is 11.3. The van der Waals surface area contributed by atoms with Gasteiger partial charge >= 0.3 is 0 Å². The van der Waals surface area contributed by atoms with E-state index >= 15 is 0 Å². The molecule has 3 nitrogen and oxygen atoms in total. The average Bonchev–Trinajstić information content (AvgIpc) is 2.68. The highest BCUT2D eigenvalue weighted by atomic mass is 35.5. The summed E-state index contributed by atoms with van der Waals surface area (Å²) in [5.41, 5.74) is 2.80. The van der Waals surface area contributed by atoms with Crippen LogP contribution < -0.4 is 0 Å². The molecule has 19 heavy (non-hydrogen) atoms. The van der Waals surface area contributed by atoms with Crippen molar-refractivity contribution in [3.05, 3.63) is 35.2 Å². The first-order valence-corrected chi connectivity index (χ1v) is 6.85. The lowest BCUT2D eigenvalue weighted by Gasteiger charge is -2.06. The number of fused-ring (bicyclic) bond motifs is 3. The summed E-state index contributed by atoms with van der Waals surface area (Å²) >= 11 is 6.27. The summed E-state index contributed by atoms with van der Waals surface area (Å²) in [6, 6.07) is 8.05. The molecule has 4 heteroatoms. The summed E-state index contributed by atoms with van der Waals surface area (Å²) in [6.07, 6.45) is 0.940. The second kappa shape index (κ2) is 4.49. The number of aromatic nitrogens is 3. The Hall–Kier alpha value is -1.61. The Kier molecular flexibility index (Phi) is 2.94. The summed E-state index contributed by atoms with van der Waals surface area (Å²) in [5.74, 6) is 1.62. The van der Waals surface area contributed by atoms with E-state index in [1.54, 1.807) is 0 Å². The highest BCUT2D eigenvalue weighted by Gasteiger charge is 2.15. The van der Waals surface area contributed by atoms with Gasteiger partial charge < -0.3 is 4.57 Å². The quantitative estimate of drug-likeness (QED) is 0.662. The van der Waals surface area contributed by atoms with E-state index in [4.69, 9.17) is 11.6 Å². The van der Waals surface area contributed by atoms with Gasteiger partial charge in [0.05, 0.1) is 11.0 Å². The van der Waals surface area contributed by atoms with Crippen molar-refractivity contribution < 1.29 is 0 Å². The number of hydrogen-bond acceptors (Lipinski definition) is 2. The minimum atomic E-state index is 0.485. The molecular formula is C15H16ClN3. The molecule has 0 aliphatic rings. The van der Waals surface area contributed by atoms with Gasteiger partial charge in [0, 0.05) is 18.9 Å². The van der Waals surface area contributed by atoms with Gasteiger partial charge in [0.15, 0.2) is 5.15 Å². The Bertz CT molecular complexity index is 759. The van der Waals surface area contributed by atoms with Gasteiger partial charge in [-0.15, -0.1) is 0 Å². The molecule has 98 valence electrons. The van der Waals surface area contributed by atoms with Gasteiger partial charge in [0.2, 0.25) is 0 Å². The first-order valence-electron chi connectivity index (χ1n) is 6.47. The lowest BCUT2D eigenvalue weighted by Crippen LogP contribution is -2.02. The molecule has 0 radical (unpaired) electrons. The first kappa shape index (κ1) is 12.4. The maximum atomic E-state index is 6.27. The minimum Gasteiger partial charge on any atom is -0.330 e. The maximum absolute atomic E-state index is 6.27. The van der Waals surface area contributed by atoms with Gasteiger partial charge in [-0.3, -0.25) is 0 Å². The van der Waals surface area contributed by atoms with Gasteiger partial charge in [-0.05, 0) is 12.0 Å². The number of halogens is 1. The van der Waals surface area contributed by atoms with Crippen molar-refractivity contribution in [1.29, 1.82) is 0 Å². The van der Waals surface area contributed by atoms with Crippen molar-refractivity contribution in [2.45, 2.75) is 20.3 Å². The Morgan fingerprint density at radius 2 is 1.95 bits per heavy atom. The number of benzene rings is 1. The van der Waals surface area contributed by atoms with Crippen LogP contribution in [-0.4, -0.2) is 14.5 Å². The molecule has 0 atom stereocenters. The van der Waals surface area contributed by atoms with Gasteiger partial charge in [-0.2, -0.15) is 0 Å². The Balaban J connectivity index is 2.39. The van der Waals surface area contributed by atoms with E-state index in [9.17, 15) is 0 Å². The average molecular weight is 274 g/mol. The molecule has 0 aliphatic heterocycles. The van der Waals surface area contributed by atoms with E-state index in [-0.39, 0.29) is 0 Å². The summed E-state index contributed by atoms with van der Waals surface area (Å²) in [4.78, 5) is 9.10. The van der Waals surface area contributed by atoms with Gasteiger partial charge in [-0.25, -0.2) is 9.97 Å². The topological polar surface area (TPSA) is 30.7 Å². The van der Waals surface area contributed by atoms with Crippen molar-refractivity contribution in [2.75, 3.05) is 0 Å². The molecule has 0 saturated carbocycles. The third kappa shape index (κ3) is 1.98. The number of aryl methyl sites for hydroxylation is 1. The molecule has 0 spiro atoms. The van der Waals surface area contributed by atoms with Crippen LogP contribution in [0.5, 0.6) is 0 Å². The van der Waals surface area contributed by atoms with Crippen LogP contribution in [0.2, 0.25) is 5.15 Å². The van der Waals surface area contributed by atoms with Crippen molar-refractivity contribution in [2.24, 2.45) is 13.0 Å². The highest BCUT2D eigenvalue weighted by molar-refractivity contribution is 6.35. The lowest BCUT2D eigenvalue weighted by molar-refractivity contribution is 0.606. The van der Waals surface area contributed by atoms with E-state index in [1.807, 2.05) is 18.2 Å². The van der Waals surface area contributed by atoms with Crippen LogP contribution in [0.4, 0.5) is 0 Å². The number of nitrogens with zero attached hydrogens (tertiary/aromatic N) is 3. The Morgan fingerprint density at radius 3 is 2.68 bits per heavy atom. The molecule has 3 aromatic rings. The van der Waals surface area contributed by atoms with E-state index in [0.29, 0.717) is 11.1 Å². The third-order valence-electron chi connectivity index (χ3n) is 3.35. The largest absolute Gasteiger partial charge is 0.330 e. The summed E-state index contributed by atoms with van der Waals surface area (Å²) in [6.45, 7) is 4.38. The standard InChI is InChI=1S/C15H16ClN3/c1-9(2)8-12-18-13-14(19(12)3)10-6-4-5-7-11(10)17-15(13)16/h4-7,9H,8H2,1-3H3. The van der Waals surface area contributed by atoms with Crippen LogP contribution in [0.25, 0.3) is 21.9 Å². The van der Waals surface area contributed by atoms with Crippen LogP contribution in [0, 0.1) is 5.92 Å². The normalized spacial score (nSPS) is 11.8. The van der Waals surface area contributed by atoms with Crippen molar-refractivity contribution >= 4 is 33.5 Å². The number of pyridine rings is 1. The maximum Gasteiger partial charge on any atom is 0.157 e. The Morgan fingerprint density at radius 1 is 1.21 bits per heavy atom. The summed E-state index contributed by atoms with van der Waals surface area (Å²) in [5, 5.41) is 1.59. The fourth-order valence-electron chi connectivity index (χ4n) is 2.47. The molecule has 0 fully saturated rings. The molecule has 2 heterocycles. The molecule has 3 rings (SSSR count). The fraction of sp³-hybridized carbons (Fsp3) is 0.333. The minimum absolute atomic E-state index is 0.485. The van der Waals surface area contributed by atoms with E-state index in [0.717, 1.165) is 34.2 Å². The molecule has 0 bridgehead atoms. The molecular weight excluding hydrogens is 258 g/mol. The van der Waals surface area contributed by atoms with Gasteiger partial charge in [-0.1, -0.05) is 43.6 Å². The molecule has 0 amide bonds. The Labute approximate surface area is 117 Å². The van der Waals surface area contributed by atoms with Crippen molar-refractivity contribution in [1.82, 2.24) is 14.5 Å². The van der Waals surface area contributed by atoms with Crippen LogP contribution in [-0.2, 0) is 13.5 Å². The molecule has 0 unspecified atom stereocenters. The molecule has 0 aliphatic carbocycles.